The van der Waals surface area contributed by atoms with Gasteiger partial charge in [0.15, 0.2) is 11.5 Å². The highest BCUT2D eigenvalue weighted by Gasteiger charge is 2.12. The minimum atomic E-state index is -0.315. The van der Waals surface area contributed by atoms with Crippen LogP contribution < -0.4 is 19.5 Å². The number of carbonyl (C=O) groups excluding carboxylic acids is 2. The number of anilines is 1. The molecule has 2 aromatic rings. The molecule has 0 saturated heterocycles. The Bertz CT molecular complexity index is 833. The summed E-state index contributed by atoms with van der Waals surface area (Å²) in [5.74, 6) is 0.879. The summed E-state index contributed by atoms with van der Waals surface area (Å²) in [7, 11) is 5.93. The first kappa shape index (κ1) is 20.8. The first-order valence-electron chi connectivity index (χ1n) is 8.45. The zero-order valence-electron chi connectivity index (χ0n) is 16.3. The van der Waals surface area contributed by atoms with Gasteiger partial charge in [-0.3, -0.25) is 9.59 Å². The molecular weight excluding hydrogens is 362 g/mol. The Labute approximate surface area is 163 Å². The lowest BCUT2D eigenvalue weighted by Gasteiger charge is -2.12. The highest BCUT2D eigenvalue weighted by Crippen LogP contribution is 2.38. The van der Waals surface area contributed by atoms with E-state index in [-0.39, 0.29) is 18.3 Å². The number of amides is 1. The van der Waals surface area contributed by atoms with E-state index in [2.05, 4.69) is 10.1 Å². The maximum absolute atomic E-state index is 12.2. The predicted molar refractivity (Wildman–Crippen MR) is 106 cm³/mol. The zero-order valence-corrected chi connectivity index (χ0v) is 16.3. The molecule has 7 nitrogen and oxygen atoms in total. The van der Waals surface area contributed by atoms with Gasteiger partial charge in [-0.2, -0.15) is 0 Å². The van der Waals surface area contributed by atoms with E-state index in [1.54, 1.807) is 42.5 Å². The Morgan fingerprint density at radius 1 is 0.929 bits per heavy atom. The maximum Gasteiger partial charge on any atom is 0.309 e. The number of hydrogen-bond donors (Lipinski definition) is 1. The molecule has 7 heteroatoms. The molecule has 28 heavy (non-hydrogen) atoms. The van der Waals surface area contributed by atoms with E-state index in [4.69, 9.17) is 14.2 Å². The van der Waals surface area contributed by atoms with Gasteiger partial charge in [0.05, 0.1) is 34.9 Å². The first-order valence-corrected chi connectivity index (χ1v) is 8.45. The molecule has 2 aromatic carbocycles. The van der Waals surface area contributed by atoms with E-state index in [9.17, 15) is 9.59 Å². The molecule has 0 fully saturated rings. The third kappa shape index (κ3) is 5.51. The molecule has 0 aliphatic heterocycles. The minimum Gasteiger partial charge on any atom is -0.493 e. The van der Waals surface area contributed by atoms with Crippen LogP contribution in [0.2, 0.25) is 0 Å². The fourth-order valence-corrected chi connectivity index (χ4v) is 2.50. The summed E-state index contributed by atoms with van der Waals surface area (Å²) in [6.07, 6.45) is 3.24. The molecule has 0 spiro atoms. The molecule has 0 atom stereocenters. The van der Waals surface area contributed by atoms with Crippen molar-refractivity contribution in [3.05, 3.63) is 53.6 Å². The van der Waals surface area contributed by atoms with Crippen LogP contribution in [0.25, 0.3) is 6.08 Å². The number of methoxy groups -OCH3 is 4. The fraction of sp³-hybridized carbons (Fsp3) is 0.238. The lowest BCUT2D eigenvalue weighted by Crippen LogP contribution is -2.08. The Kier molecular flexibility index (Phi) is 7.45. The van der Waals surface area contributed by atoms with Crippen molar-refractivity contribution in [3.8, 4) is 17.2 Å². The summed E-state index contributed by atoms with van der Waals surface area (Å²) >= 11 is 0. The number of hydrogen-bond acceptors (Lipinski definition) is 6. The fourth-order valence-electron chi connectivity index (χ4n) is 2.50. The van der Waals surface area contributed by atoms with E-state index >= 15 is 0 Å². The molecule has 1 amide bonds. The van der Waals surface area contributed by atoms with Crippen molar-refractivity contribution in [3.63, 3.8) is 0 Å². The van der Waals surface area contributed by atoms with Crippen LogP contribution in [0, 0.1) is 0 Å². The average molecular weight is 385 g/mol. The van der Waals surface area contributed by atoms with E-state index < -0.39 is 0 Å². The van der Waals surface area contributed by atoms with Crippen molar-refractivity contribution in [1.29, 1.82) is 0 Å². The second-order valence-electron chi connectivity index (χ2n) is 5.73. The van der Waals surface area contributed by atoms with Crippen LogP contribution in [0.3, 0.4) is 0 Å². The molecular formula is C21H23NO6. The Morgan fingerprint density at radius 2 is 1.54 bits per heavy atom. The molecule has 0 radical (unpaired) electrons. The van der Waals surface area contributed by atoms with Crippen LogP contribution in [0.4, 0.5) is 5.69 Å². The van der Waals surface area contributed by atoms with Crippen LogP contribution in [0.1, 0.15) is 11.1 Å². The molecule has 0 aliphatic rings. The van der Waals surface area contributed by atoms with E-state index in [0.29, 0.717) is 22.9 Å². The van der Waals surface area contributed by atoms with Crippen LogP contribution >= 0.6 is 0 Å². The minimum absolute atomic E-state index is 0.186. The Hall–Kier alpha value is -3.48. The third-order valence-corrected chi connectivity index (χ3v) is 3.91. The van der Waals surface area contributed by atoms with Gasteiger partial charge in [0.2, 0.25) is 11.7 Å². The number of ether oxygens (including phenoxy) is 4. The van der Waals surface area contributed by atoms with Gasteiger partial charge in [-0.05, 0) is 41.5 Å². The van der Waals surface area contributed by atoms with Gasteiger partial charge in [-0.1, -0.05) is 12.1 Å². The van der Waals surface area contributed by atoms with Gasteiger partial charge in [-0.15, -0.1) is 0 Å². The van der Waals surface area contributed by atoms with Crippen molar-refractivity contribution in [1.82, 2.24) is 0 Å². The molecule has 148 valence electrons. The third-order valence-electron chi connectivity index (χ3n) is 3.91. The summed E-state index contributed by atoms with van der Waals surface area (Å²) in [6.45, 7) is 0. The zero-order chi connectivity index (χ0) is 20.5. The highest BCUT2D eigenvalue weighted by atomic mass is 16.5. The molecule has 2 rings (SSSR count). The summed E-state index contributed by atoms with van der Waals surface area (Å²) < 4.78 is 20.5. The molecule has 0 unspecified atom stereocenters. The monoisotopic (exact) mass is 385 g/mol. The highest BCUT2D eigenvalue weighted by molar-refractivity contribution is 6.02. The summed E-state index contributed by atoms with van der Waals surface area (Å²) in [5, 5.41) is 2.76. The quantitative estimate of drug-likeness (QED) is 0.555. The van der Waals surface area contributed by atoms with Crippen molar-refractivity contribution in [2.24, 2.45) is 0 Å². The van der Waals surface area contributed by atoms with Crippen LogP contribution in [-0.2, 0) is 20.7 Å². The topological polar surface area (TPSA) is 83.1 Å². The number of nitrogens with one attached hydrogen (secondary N) is 1. The van der Waals surface area contributed by atoms with Crippen molar-refractivity contribution in [2.45, 2.75) is 6.42 Å². The molecule has 0 aliphatic carbocycles. The molecule has 0 heterocycles. The standard InChI is InChI=1S/C21H23NO6/c1-25-17-11-15(12-18(26-2)21(17)28-4)7-10-19(23)22-16-8-5-14(6-9-16)13-20(24)27-3/h5-12H,13H2,1-4H3,(H,22,23)/b10-7-. The molecule has 0 saturated carbocycles. The molecule has 0 aromatic heterocycles. The SMILES string of the molecule is COC(=O)Cc1ccc(NC(=O)/C=C\c2cc(OC)c(OC)c(OC)c2)cc1. The normalized spacial score (nSPS) is 10.4. The molecule has 1 N–H and O–H groups in total. The smallest absolute Gasteiger partial charge is 0.309 e. The van der Waals surface area contributed by atoms with Gasteiger partial charge in [-0.25, -0.2) is 0 Å². The van der Waals surface area contributed by atoms with Crippen LogP contribution in [-0.4, -0.2) is 40.3 Å². The summed E-state index contributed by atoms with van der Waals surface area (Å²) in [5.41, 5.74) is 2.14. The van der Waals surface area contributed by atoms with E-state index in [1.807, 2.05) is 0 Å². The maximum atomic E-state index is 12.2. The molecule has 0 bridgehead atoms. The number of rotatable bonds is 8. The first-order chi connectivity index (χ1) is 13.5. The average Bonchev–Trinajstić information content (AvgIpc) is 2.72. The lowest BCUT2D eigenvalue weighted by molar-refractivity contribution is -0.139. The largest absolute Gasteiger partial charge is 0.493 e. The van der Waals surface area contributed by atoms with Gasteiger partial charge in [0.25, 0.3) is 0 Å². The predicted octanol–water partition coefficient (Wildman–Crippen LogP) is 3.08. The van der Waals surface area contributed by atoms with E-state index in [1.165, 1.54) is 34.5 Å². The lowest BCUT2D eigenvalue weighted by atomic mass is 10.1. The van der Waals surface area contributed by atoms with Gasteiger partial charge < -0.3 is 24.3 Å². The second kappa shape index (κ2) is 10.0. The van der Waals surface area contributed by atoms with Crippen molar-refractivity contribution >= 4 is 23.6 Å². The van der Waals surface area contributed by atoms with Gasteiger partial charge in [0.1, 0.15) is 0 Å². The van der Waals surface area contributed by atoms with Crippen molar-refractivity contribution in [2.75, 3.05) is 33.8 Å². The summed E-state index contributed by atoms with van der Waals surface area (Å²) in [4.78, 5) is 23.4. The van der Waals surface area contributed by atoms with Crippen LogP contribution in [0.5, 0.6) is 17.2 Å². The number of esters is 1. The van der Waals surface area contributed by atoms with Crippen LogP contribution in [0.15, 0.2) is 42.5 Å². The number of benzene rings is 2. The number of carbonyl (C=O) groups is 2. The summed E-state index contributed by atoms with van der Waals surface area (Å²) in [6, 6.07) is 10.5. The van der Waals surface area contributed by atoms with E-state index in [0.717, 1.165) is 11.1 Å². The van der Waals surface area contributed by atoms with Gasteiger partial charge in [0, 0.05) is 11.8 Å². The van der Waals surface area contributed by atoms with Gasteiger partial charge >= 0.3 is 5.97 Å². The Morgan fingerprint density at radius 3 is 2.04 bits per heavy atom. The Balaban J connectivity index is 2.06. The second-order valence-corrected chi connectivity index (χ2v) is 5.73. The van der Waals surface area contributed by atoms with Crippen molar-refractivity contribution < 1.29 is 28.5 Å².